The third-order valence-corrected chi connectivity index (χ3v) is 5.07. The molecule has 0 aliphatic heterocycles. The summed E-state index contributed by atoms with van der Waals surface area (Å²) in [5.74, 6) is 0. The molecular weight excluding hydrogens is 299 g/mol. The Hall–Kier alpha value is -1.50. The van der Waals surface area contributed by atoms with E-state index >= 15 is 0 Å². The van der Waals surface area contributed by atoms with Gasteiger partial charge in [-0.2, -0.15) is 0 Å². The van der Waals surface area contributed by atoms with Crippen LogP contribution in [-0.4, -0.2) is 15.0 Å². The number of hydrogen-bond acceptors (Lipinski definition) is 1. The summed E-state index contributed by atoms with van der Waals surface area (Å²) in [5.41, 5.74) is 1.21. The molecule has 0 spiro atoms. The molecule has 2 aromatic rings. The molecule has 0 amide bonds. The summed E-state index contributed by atoms with van der Waals surface area (Å²) >= 11 is 0.368. The molecule has 0 heterocycles. The van der Waals surface area contributed by atoms with Crippen LogP contribution in [-0.2, 0) is 11.3 Å². The Labute approximate surface area is 121 Å². The minimum atomic E-state index is 0.368. The molecule has 2 aromatic carbocycles. The number of allylic oxidation sites excluding steroid dienone is 1. The Morgan fingerprint density at radius 3 is 2.26 bits per heavy atom. The number of benzene rings is 2. The summed E-state index contributed by atoms with van der Waals surface area (Å²) in [4.78, 5) is 0. The topological polar surface area (TPSA) is 9.23 Å². The van der Waals surface area contributed by atoms with Gasteiger partial charge in [0.25, 0.3) is 0 Å². The molecule has 98 valence electrons. The van der Waals surface area contributed by atoms with Crippen LogP contribution in [0.5, 0.6) is 0 Å². The molecule has 2 rings (SSSR count). The molecule has 0 atom stereocenters. The van der Waals surface area contributed by atoms with Crippen LogP contribution >= 0.6 is 0 Å². The van der Waals surface area contributed by atoms with Crippen LogP contribution in [0.2, 0.25) is 0 Å². The zero-order chi connectivity index (χ0) is 13.3. The zero-order valence-corrected chi connectivity index (χ0v) is 12.8. The van der Waals surface area contributed by atoms with Gasteiger partial charge < -0.3 is 0 Å². The van der Waals surface area contributed by atoms with Crippen molar-refractivity contribution in [2.45, 2.75) is 20.0 Å². The van der Waals surface area contributed by atoms with Gasteiger partial charge in [-0.15, -0.1) is 0 Å². The van der Waals surface area contributed by atoms with E-state index in [9.17, 15) is 0 Å². The van der Waals surface area contributed by atoms with Gasteiger partial charge >= 0.3 is 121 Å². The zero-order valence-electron chi connectivity index (χ0n) is 11.1. The van der Waals surface area contributed by atoms with Crippen LogP contribution in [0.25, 0.3) is 0 Å². The van der Waals surface area contributed by atoms with E-state index in [1.807, 2.05) is 24.5 Å². The predicted molar refractivity (Wildman–Crippen MR) is 81.4 cm³/mol. The van der Waals surface area contributed by atoms with E-state index in [2.05, 4.69) is 49.4 Å². The standard InChI is InChI=1S/C17H18OSe/c1-2-16(19-17-11-7-4-8-12-17)14-18-13-15-9-5-3-6-10-15/h3-12,14H,2,13H2,1H3/b16-14+. The van der Waals surface area contributed by atoms with Crippen molar-refractivity contribution in [1.82, 2.24) is 0 Å². The molecular formula is C17H18OSe. The summed E-state index contributed by atoms with van der Waals surface area (Å²) in [5, 5.41) is 0. The van der Waals surface area contributed by atoms with Gasteiger partial charge in [-0.05, 0) is 0 Å². The van der Waals surface area contributed by atoms with Gasteiger partial charge in [-0.3, -0.25) is 0 Å². The van der Waals surface area contributed by atoms with Crippen molar-refractivity contribution in [3.8, 4) is 0 Å². The summed E-state index contributed by atoms with van der Waals surface area (Å²) in [7, 11) is 0. The first-order valence-electron chi connectivity index (χ1n) is 6.46. The van der Waals surface area contributed by atoms with E-state index < -0.39 is 0 Å². The van der Waals surface area contributed by atoms with Crippen molar-refractivity contribution in [2.75, 3.05) is 0 Å². The van der Waals surface area contributed by atoms with Crippen molar-refractivity contribution in [2.24, 2.45) is 0 Å². The van der Waals surface area contributed by atoms with Gasteiger partial charge in [0.2, 0.25) is 0 Å². The van der Waals surface area contributed by atoms with Crippen LogP contribution in [0.1, 0.15) is 18.9 Å². The molecule has 2 heteroatoms. The van der Waals surface area contributed by atoms with E-state index in [4.69, 9.17) is 4.74 Å². The van der Waals surface area contributed by atoms with Gasteiger partial charge in [-0.25, -0.2) is 0 Å². The first-order valence-corrected chi connectivity index (χ1v) is 8.17. The average Bonchev–Trinajstić information content (AvgIpc) is 2.48. The summed E-state index contributed by atoms with van der Waals surface area (Å²) in [6.07, 6.45) is 2.99. The van der Waals surface area contributed by atoms with Crippen molar-refractivity contribution in [1.29, 1.82) is 0 Å². The molecule has 0 saturated heterocycles. The van der Waals surface area contributed by atoms with E-state index in [1.165, 1.54) is 14.5 Å². The van der Waals surface area contributed by atoms with E-state index in [1.54, 1.807) is 0 Å². The van der Waals surface area contributed by atoms with E-state index in [-0.39, 0.29) is 0 Å². The molecule has 1 nitrogen and oxygen atoms in total. The predicted octanol–water partition coefficient (Wildman–Crippen LogP) is 3.48. The molecule has 19 heavy (non-hydrogen) atoms. The Morgan fingerprint density at radius 1 is 1.00 bits per heavy atom. The quantitative estimate of drug-likeness (QED) is 0.585. The Balaban J connectivity index is 1.89. The van der Waals surface area contributed by atoms with Gasteiger partial charge in [0.1, 0.15) is 0 Å². The van der Waals surface area contributed by atoms with Gasteiger partial charge in [0.05, 0.1) is 0 Å². The minimum absolute atomic E-state index is 0.368. The monoisotopic (exact) mass is 318 g/mol. The maximum atomic E-state index is 5.70. The normalized spacial score (nSPS) is 11.3. The Morgan fingerprint density at radius 2 is 1.63 bits per heavy atom. The second-order valence-electron chi connectivity index (χ2n) is 4.15. The molecule has 0 aliphatic rings. The first kappa shape index (κ1) is 13.9. The van der Waals surface area contributed by atoms with Crippen LogP contribution in [0.3, 0.4) is 0 Å². The van der Waals surface area contributed by atoms with Crippen LogP contribution in [0, 0.1) is 0 Å². The van der Waals surface area contributed by atoms with Crippen molar-refractivity contribution >= 4 is 19.4 Å². The van der Waals surface area contributed by atoms with Gasteiger partial charge in [0, 0.05) is 0 Å². The van der Waals surface area contributed by atoms with Crippen molar-refractivity contribution in [3.63, 3.8) is 0 Å². The van der Waals surface area contributed by atoms with E-state index in [0.29, 0.717) is 21.6 Å². The SMILES string of the molecule is CC/C(=C\OCc1ccccc1)[Se]c1ccccc1. The van der Waals surface area contributed by atoms with Crippen molar-refractivity contribution < 1.29 is 4.74 Å². The van der Waals surface area contributed by atoms with Crippen LogP contribution in [0.15, 0.2) is 71.4 Å². The van der Waals surface area contributed by atoms with Crippen LogP contribution in [0.4, 0.5) is 0 Å². The summed E-state index contributed by atoms with van der Waals surface area (Å²) in [6, 6.07) is 20.9. The van der Waals surface area contributed by atoms with Gasteiger partial charge in [-0.1, -0.05) is 0 Å². The summed E-state index contributed by atoms with van der Waals surface area (Å²) < 4.78 is 8.48. The Kier molecular flexibility index (Phi) is 5.74. The molecule has 0 bridgehead atoms. The average molecular weight is 317 g/mol. The molecule has 0 N–H and O–H groups in total. The third kappa shape index (κ3) is 4.94. The summed E-state index contributed by atoms with van der Waals surface area (Å²) in [6.45, 7) is 2.83. The number of ether oxygens (including phenoxy) is 1. The fourth-order valence-corrected chi connectivity index (χ4v) is 3.42. The van der Waals surface area contributed by atoms with E-state index in [0.717, 1.165) is 6.42 Å². The second kappa shape index (κ2) is 7.83. The number of rotatable bonds is 6. The second-order valence-corrected chi connectivity index (χ2v) is 6.67. The molecule has 0 fully saturated rings. The first-order chi connectivity index (χ1) is 9.38. The van der Waals surface area contributed by atoms with Crippen LogP contribution < -0.4 is 4.46 Å². The molecule has 0 saturated carbocycles. The molecule has 0 unspecified atom stereocenters. The molecule has 0 aromatic heterocycles. The fourth-order valence-electron chi connectivity index (χ4n) is 1.62. The molecule has 0 radical (unpaired) electrons. The fraction of sp³-hybridized carbons (Fsp3) is 0.176. The third-order valence-electron chi connectivity index (χ3n) is 2.65. The van der Waals surface area contributed by atoms with Gasteiger partial charge in [0.15, 0.2) is 0 Å². The van der Waals surface area contributed by atoms with Crippen molar-refractivity contribution in [3.05, 3.63) is 77.0 Å². The number of hydrogen-bond donors (Lipinski definition) is 0. The molecule has 0 aliphatic carbocycles. The Bertz CT molecular complexity index is 505. The maximum absolute atomic E-state index is 5.70.